The molecule has 46 heavy (non-hydrogen) atoms. The van der Waals surface area contributed by atoms with Gasteiger partial charge in [0.15, 0.2) is 17.3 Å². The summed E-state index contributed by atoms with van der Waals surface area (Å²) >= 11 is 6.29. The number of pyridine rings is 1. The fraction of sp³-hybridized carbons (Fsp3) is 0.286. The minimum atomic E-state index is -4.82. The molecule has 0 radical (unpaired) electrons. The highest BCUT2D eigenvalue weighted by Crippen LogP contribution is 2.37. The molecule has 3 aromatic heterocycles. The molecule has 0 unspecified atom stereocenters. The highest BCUT2D eigenvalue weighted by atomic mass is 35.5. The maximum Gasteiger partial charge on any atom is 0.435 e. The molecule has 18 heteroatoms. The third kappa shape index (κ3) is 7.11. The fourth-order valence-electron chi connectivity index (χ4n) is 4.75. The van der Waals surface area contributed by atoms with Crippen molar-refractivity contribution in [3.63, 3.8) is 0 Å². The van der Waals surface area contributed by atoms with Crippen LogP contribution in [0.1, 0.15) is 33.1 Å². The minimum Gasteiger partial charge on any atom is -0.397 e. The number of aliphatic hydroxyl groups excluding tert-OH is 1. The Kier molecular flexibility index (Phi) is 9.27. The first-order valence-corrected chi connectivity index (χ1v) is 14.2. The standard InChI is InChI=1S/C28H28ClF3N10O4/c1-41-21(18-13-42(40-23(18)28(30,31)32)22-5-2-14(33)10-37-22)12-38-24(41)27(46)39-15-3-4-17(19(29)8-15)25(44)34-6-7-35-26(45)20-9-16(43)11-36-20/h2-5,8,10,12-13,16,20,36,43H,6-7,9,11,33H2,1H3,(H,34,44)(H,35,45)(H,39,46)/t16-,20+/m1/s1. The zero-order valence-corrected chi connectivity index (χ0v) is 24.9. The molecular formula is C28H28ClF3N10O4. The predicted octanol–water partition coefficient (Wildman–Crippen LogP) is 1.74. The van der Waals surface area contributed by atoms with Crippen LogP contribution in [0.5, 0.6) is 0 Å². The van der Waals surface area contributed by atoms with Crippen molar-refractivity contribution in [2.24, 2.45) is 7.05 Å². The second kappa shape index (κ2) is 13.2. The Bertz CT molecular complexity index is 1770. The Hall–Kier alpha value is -5.00. The van der Waals surface area contributed by atoms with Crippen LogP contribution in [-0.2, 0) is 18.0 Å². The van der Waals surface area contributed by atoms with Gasteiger partial charge in [-0.2, -0.15) is 18.3 Å². The van der Waals surface area contributed by atoms with E-state index in [9.17, 15) is 32.7 Å². The van der Waals surface area contributed by atoms with Gasteiger partial charge in [0.1, 0.15) is 0 Å². The summed E-state index contributed by atoms with van der Waals surface area (Å²) in [6.07, 6.45) is -1.54. The molecular weight excluding hydrogens is 633 g/mol. The van der Waals surface area contributed by atoms with Crippen LogP contribution in [0.2, 0.25) is 5.02 Å². The number of carbonyl (C=O) groups excluding carboxylic acids is 3. The number of nitrogens with two attached hydrogens (primary N) is 1. The van der Waals surface area contributed by atoms with E-state index in [1.165, 1.54) is 48.1 Å². The van der Waals surface area contributed by atoms with Crippen molar-refractivity contribution < 1.29 is 32.7 Å². The number of carbonyl (C=O) groups is 3. The molecule has 0 bridgehead atoms. The van der Waals surface area contributed by atoms with Crippen molar-refractivity contribution in [2.45, 2.75) is 24.7 Å². The summed E-state index contributed by atoms with van der Waals surface area (Å²) in [4.78, 5) is 45.8. The molecule has 242 valence electrons. The van der Waals surface area contributed by atoms with E-state index in [0.29, 0.717) is 18.7 Å². The lowest BCUT2D eigenvalue weighted by atomic mass is 10.2. The smallest absolute Gasteiger partial charge is 0.397 e. The second-order valence-electron chi connectivity index (χ2n) is 10.4. The first kappa shape index (κ1) is 32.4. The third-order valence-electron chi connectivity index (χ3n) is 7.06. The van der Waals surface area contributed by atoms with Crippen molar-refractivity contribution in [3.05, 3.63) is 71.0 Å². The zero-order chi connectivity index (χ0) is 33.2. The molecule has 0 saturated carbocycles. The number of rotatable bonds is 9. The number of anilines is 2. The van der Waals surface area contributed by atoms with Gasteiger partial charge in [0.2, 0.25) is 5.91 Å². The molecule has 3 amide bonds. The van der Waals surface area contributed by atoms with Crippen LogP contribution < -0.4 is 27.0 Å². The number of halogens is 4. The van der Waals surface area contributed by atoms with Gasteiger partial charge in [0.25, 0.3) is 11.8 Å². The number of nitrogen functional groups attached to an aromatic ring is 1. The number of aliphatic hydroxyl groups is 1. The molecule has 14 nitrogen and oxygen atoms in total. The Morgan fingerprint density at radius 3 is 2.52 bits per heavy atom. The topological polar surface area (TPSA) is 194 Å². The van der Waals surface area contributed by atoms with Gasteiger partial charge in [-0.15, -0.1) is 0 Å². The van der Waals surface area contributed by atoms with Crippen molar-refractivity contribution in [1.82, 2.24) is 40.3 Å². The number of alkyl halides is 3. The fourth-order valence-corrected chi connectivity index (χ4v) is 5.02. The van der Waals surface area contributed by atoms with Crippen LogP contribution in [0.3, 0.4) is 0 Å². The van der Waals surface area contributed by atoms with E-state index in [2.05, 4.69) is 36.3 Å². The van der Waals surface area contributed by atoms with Gasteiger partial charge in [-0.3, -0.25) is 14.4 Å². The maximum absolute atomic E-state index is 13.9. The number of β-amino-alcohol motifs (C(OH)–C–C–N with tert-alkyl or cyclic N) is 1. The van der Waals surface area contributed by atoms with E-state index in [4.69, 9.17) is 17.3 Å². The quantitative estimate of drug-likeness (QED) is 0.145. The van der Waals surface area contributed by atoms with Gasteiger partial charge >= 0.3 is 6.18 Å². The average Bonchev–Trinajstić information content (AvgIpc) is 3.73. The lowest BCUT2D eigenvalue weighted by Gasteiger charge is -2.12. The molecule has 1 aliphatic heterocycles. The molecule has 1 saturated heterocycles. The summed E-state index contributed by atoms with van der Waals surface area (Å²) in [5.74, 6) is -1.65. The van der Waals surface area contributed by atoms with Crippen LogP contribution in [0.15, 0.2) is 48.9 Å². The Morgan fingerprint density at radius 2 is 1.87 bits per heavy atom. The average molecular weight is 661 g/mol. The number of benzene rings is 1. The number of nitrogens with zero attached hydrogens (tertiary/aromatic N) is 5. The predicted molar refractivity (Wildman–Crippen MR) is 160 cm³/mol. The van der Waals surface area contributed by atoms with Crippen LogP contribution in [0, 0.1) is 0 Å². The molecule has 0 spiro atoms. The summed E-state index contributed by atoms with van der Waals surface area (Å²) in [6.45, 7) is 0.604. The molecule has 7 N–H and O–H groups in total. The lowest BCUT2D eigenvalue weighted by molar-refractivity contribution is -0.140. The number of nitrogens with one attached hydrogen (secondary N) is 4. The van der Waals surface area contributed by atoms with Crippen molar-refractivity contribution >= 4 is 40.7 Å². The normalized spacial score (nSPS) is 16.3. The Balaban J connectivity index is 1.24. The van der Waals surface area contributed by atoms with E-state index in [1.54, 1.807) is 0 Å². The van der Waals surface area contributed by atoms with Crippen LogP contribution >= 0.6 is 11.6 Å². The summed E-state index contributed by atoms with van der Waals surface area (Å²) in [7, 11) is 1.38. The number of hydrogen-bond acceptors (Lipinski definition) is 9. The van der Waals surface area contributed by atoms with Crippen molar-refractivity contribution in [1.29, 1.82) is 0 Å². The molecule has 2 atom stereocenters. The van der Waals surface area contributed by atoms with E-state index in [0.717, 1.165) is 17.1 Å². The molecule has 0 aliphatic carbocycles. The van der Waals surface area contributed by atoms with Crippen LogP contribution in [0.25, 0.3) is 17.1 Å². The maximum atomic E-state index is 13.9. The SMILES string of the molecule is Cn1c(-c2cn(-c3ccc(N)cn3)nc2C(F)(F)F)cnc1C(=O)Nc1ccc(C(=O)NCCNC(=O)[C@@H]2C[C@@H](O)CN2)c(Cl)c1. The molecule has 1 aromatic carbocycles. The van der Waals surface area contributed by atoms with E-state index < -0.39 is 35.8 Å². The highest BCUT2D eigenvalue weighted by Gasteiger charge is 2.39. The van der Waals surface area contributed by atoms with Gasteiger partial charge < -0.3 is 36.7 Å². The number of aromatic nitrogens is 5. The van der Waals surface area contributed by atoms with E-state index in [1.807, 2.05) is 0 Å². The molecule has 4 aromatic rings. The van der Waals surface area contributed by atoms with E-state index >= 15 is 0 Å². The lowest BCUT2D eigenvalue weighted by Crippen LogP contribution is -2.43. The summed E-state index contributed by atoms with van der Waals surface area (Å²) in [5, 5.41) is 24.0. The summed E-state index contributed by atoms with van der Waals surface area (Å²) in [5.41, 5.74) is 4.70. The van der Waals surface area contributed by atoms with Crippen LogP contribution in [-0.4, -0.2) is 78.9 Å². The summed E-state index contributed by atoms with van der Waals surface area (Å²) in [6, 6.07) is 6.54. The van der Waals surface area contributed by atoms with Gasteiger partial charge in [0, 0.05) is 38.6 Å². The molecule has 1 fully saturated rings. The molecule has 4 heterocycles. The van der Waals surface area contributed by atoms with Gasteiger partial charge in [0.05, 0.1) is 52.1 Å². The van der Waals surface area contributed by atoms with Crippen molar-refractivity contribution in [2.75, 3.05) is 30.7 Å². The van der Waals surface area contributed by atoms with Gasteiger partial charge in [-0.05, 0) is 36.8 Å². The monoisotopic (exact) mass is 660 g/mol. The number of hydrogen-bond donors (Lipinski definition) is 6. The van der Waals surface area contributed by atoms with Gasteiger partial charge in [-0.25, -0.2) is 14.6 Å². The highest BCUT2D eigenvalue weighted by molar-refractivity contribution is 6.34. The summed E-state index contributed by atoms with van der Waals surface area (Å²) < 4.78 is 44.0. The minimum absolute atomic E-state index is 0.0162. The second-order valence-corrected chi connectivity index (χ2v) is 10.8. The zero-order valence-electron chi connectivity index (χ0n) is 24.1. The first-order valence-electron chi connectivity index (χ1n) is 13.8. The molecule has 1 aliphatic rings. The third-order valence-corrected chi connectivity index (χ3v) is 7.37. The number of amides is 3. The van der Waals surface area contributed by atoms with Crippen LogP contribution in [0.4, 0.5) is 24.5 Å². The number of imidazole rings is 1. The molecule has 5 rings (SSSR count). The largest absolute Gasteiger partial charge is 0.435 e. The first-order chi connectivity index (χ1) is 21.8. The van der Waals surface area contributed by atoms with Gasteiger partial charge in [-0.1, -0.05) is 11.6 Å². The Morgan fingerprint density at radius 1 is 1.11 bits per heavy atom. The van der Waals surface area contributed by atoms with Crippen molar-refractivity contribution in [3.8, 4) is 17.1 Å². The van der Waals surface area contributed by atoms with E-state index in [-0.39, 0.29) is 58.2 Å². The Labute approximate surface area is 264 Å².